The molecule has 0 spiro atoms. The summed E-state index contributed by atoms with van der Waals surface area (Å²) >= 11 is 0. The fraction of sp³-hybridized carbons (Fsp3) is 0.588. The molecule has 1 aliphatic heterocycles. The number of carbonyl (C=O) groups is 1. The standard InChI is InChI=1S/C17H27N3O3S/c1-17(2,19(3)4)13-18-16(21)14-7-9-15(10-8-14)24(22,23)20-11-5-6-12-20/h7-10H,5-6,11-13H2,1-4H3,(H,18,21). The Hall–Kier alpha value is -1.44. The van der Waals surface area contributed by atoms with Crippen molar-refractivity contribution in [3.8, 4) is 0 Å². The first-order valence-electron chi connectivity index (χ1n) is 8.20. The molecule has 1 fully saturated rings. The van der Waals surface area contributed by atoms with E-state index in [9.17, 15) is 13.2 Å². The minimum atomic E-state index is -3.43. The second-order valence-corrected chi connectivity index (χ2v) is 8.96. The minimum Gasteiger partial charge on any atom is -0.350 e. The van der Waals surface area contributed by atoms with Crippen LogP contribution >= 0.6 is 0 Å². The van der Waals surface area contributed by atoms with Crippen molar-refractivity contribution in [2.75, 3.05) is 33.7 Å². The van der Waals surface area contributed by atoms with Crippen LogP contribution in [0.5, 0.6) is 0 Å². The highest BCUT2D eigenvalue weighted by molar-refractivity contribution is 7.89. The molecule has 1 N–H and O–H groups in total. The molecule has 0 aromatic heterocycles. The van der Waals surface area contributed by atoms with Crippen LogP contribution in [-0.4, -0.2) is 62.8 Å². The molecule has 2 rings (SSSR count). The molecule has 1 aromatic carbocycles. The molecule has 1 aromatic rings. The molecule has 0 aliphatic carbocycles. The highest BCUT2D eigenvalue weighted by atomic mass is 32.2. The average Bonchev–Trinajstić information content (AvgIpc) is 3.08. The third kappa shape index (κ3) is 4.15. The highest BCUT2D eigenvalue weighted by Gasteiger charge is 2.27. The first-order valence-corrected chi connectivity index (χ1v) is 9.64. The van der Waals surface area contributed by atoms with Gasteiger partial charge in [-0.25, -0.2) is 8.42 Å². The van der Waals surface area contributed by atoms with E-state index in [-0.39, 0.29) is 16.3 Å². The first kappa shape index (κ1) is 18.9. The van der Waals surface area contributed by atoms with Crippen LogP contribution in [0.4, 0.5) is 0 Å². The van der Waals surface area contributed by atoms with E-state index < -0.39 is 10.0 Å². The summed E-state index contributed by atoms with van der Waals surface area (Å²) in [5.74, 6) is -0.199. The smallest absolute Gasteiger partial charge is 0.251 e. The zero-order valence-corrected chi connectivity index (χ0v) is 15.7. The van der Waals surface area contributed by atoms with Gasteiger partial charge in [0.25, 0.3) is 5.91 Å². The zero-order valence-electron chi connectivity index (χ0n) is 14.9. The number of nitrogens with one attached hydrogen (secondary N) is 1. The lowest BCUT2D eigenvalue weighted by molar-refractivity contribution is 0.0919. The van der Waals surface area contributed by atoms with Crippen molar-refractivity contribution < 1.29 is 13.2 Å². The first-order chi connectivity index (χ1) is 11.1. The summed E-state index contributed by atoms with van der Waals surface area (Å²) in [4.78, 5) is 14.5. The van der Waals surface area contributed by atoms with Gasteiger partial charge in [-0.3, -0.25) is 4.79 Å². The molecule has 0 saturated carbocycles. The molecule has 0 atom stereocenters. The van der Waals surface area contributed by atoms with Crippen molar-refractivity contribution in [2.45, 2.75) is 37.1 Å². The Kier molecular flexibility index (Phi) is 5.67. The summed E-state index contributed by atoms with van der Waals surface area (Å²) in [5.41, 5.74) is 0.305. The lowest BCUT2D eigenvalue weighted by Crippen LogP contribution is -2.48. The van der Waals surface area contributed by atoms with Crippen LogP contribution in [0.3, 0.4) is 0 Å². The third-order valence-electron chi connectivity index (χ3n) is 4.71. The summed E-state index contributed by atoms with van der Waals surface area (Å²) in [5, 5.41) is 2.89. The predicted molar refractivity (Wildman–Crippen MR) is 94.5 cm³/mol. The predicted octanol–water partition coefficient (Wildman–Crippen LogP) is 1.54. The monoisotopic (exact) mass is 353 g/mol. The fourth-order valence-corrected chi connectivity index (χ4v) is 3.93. The number of sulfonamides is 1. The topological polar surface area (TPSA) is 69.7 Å². The molecule has 0 bridgehead atoms. The Morgan fingerprint density at radius 2 is 1.71 bits per heavy atom. The van der Waals surface area contributed by atoms with Gasteiger partial charge in [0.15, 0.2) is 0 Å². The number of nitrogens with zero attached hydrogens (tertiary/aromatic N) is 2. The third-order valence-corrected chi connectivity index (χ3v) is 6.62. The van der Waals surface area contributed by atoms with Gasteiger partial charge in [0.2, 0.25) is 10.0 Å². The van der Waals surface area contributed by atoms with Crippen molar-refractivity contribution >= 4 is 15.9 Å². The molecular formula is C17H27N3O3S. The molecule has 6 nitrogen and oxygen atoms in total. The summed E-state index contributed by atoms with van der Waals surface area (Å²) in [6.45, 7) is 5.74. The quantitative estimate of drug-likeness (QED) is 0.842. The van der Waals surface area contributed by atoms with E-state index in [4.69, 9.17) is 0 Å². The highest BCUT2D eigenvalue weighted by Crippen LogP contribution is 2.21. The van der Waals surface area contributed by atoms with Crippen LogP contribution in [0.15, 0.2) is 29.2 Å². The Balaban J connectivity index is 2.05. The van der Waals surface area contributed by atoms with E-state index in [1.54, 1.807) is 12.1 Å². The normalized spacial score (nSPS) is 16.5. The molecule has 7 heteroatoms. The second kappa shape index (κ2) is 7.21. The van der Waals surface area contributed by atoms with Crippen molar-refractivity contribution in [2.24, 2.45) is 0 Å². The number of hydrogen-bond donors (Lipinski definition) is 1. The van der Waals surface area contributed by atoms with Crippen molar-refractivity contribution in [3.63, 3.8) is 0 Å². The number of amides is 1. The number of carbonyl (C=O) groups excluding carboxylic acids is 1. The molecule has 1 saturated heterocycles. The molecule has 24 heavy (non-hydrogen) atoms. The van der Waals surface area contributed by atoms with E-state index in [1.165, 1.54) is 16.4 Å². The Labute approximate surface area is 144 Å². The minimum absolute atomic E-state index is 0.158. The second-order valence-electron chi connectivity index (χ2n) is 7.03. The number of rotatable bonds is 6. The van der Waals surface area contributed by atoms with Gasteiger partial charge in [0.05, 0.1) is 4.90 Å². The van der Waals surface area contributed by atoms with Gasteiger partial charge in [-0.15, -0.1) is 0 Å². The Morgan fingerprint density at radius 1 is 1.17 bits per heavy atom. The van der Waals surface area contributed by atoms with Gasteiger partial charge in [-0.05, 0) is 65.0 Å². The maximum atomic E-state index is 12.5. The maximum absolute atomic E-state index is 12.5. The van der Waals surface area contributed by atoms with E-state index in [0.717, 1.165) is 12.8 Å². The van der Waals surface area contributed by atoms with Gasteiger partial charge in [-0.1, -0.05) is 0 Å². The molecule has 1 amide bonds. The van der Waals surface area contributed by atoms with Crippen LogP contribution in [0, 0.1) is 0 Å². The van der Waals surface area contributed by atoms with Crippen LogP contribution < -0.4 is 5.32 Å². The maximum Gasteiger partial charge on any atom is 0.251 e. The van der Waals surface area contributed by atoms with E-state index in [2.05, 4.69) is 5.32 Å². The number of hydrogen-bond acceptors (Lipinski definition) is 4. The molecule has 0 radical (unpaired) electrons. The van der Waals surface area contributed by atoms with Crippen LogP contribution in [0.1, 0.15) is 37.0 Å². The van der Waals surface area contributed by atoms with Gasteiger partial charge in [0, 0.05) is 30.7 Å². The van der Waals surface area contributed by atoms with E-state index in [1.807, 2.05) is 32.8 Å². The van der Waals surface area contributed by atoms with Crippen molar-refractivity contribution in [1.82, 2.24) is 14.5 Å². The lowest BCUT2D eigenvalue weighted by atomic mass is 10.0. The number of likely N-dealkylation sites (N-methyl/N-ethyl adjacent to an activating group) is 1. The zero-order chi connectivity index (χ0) is 18.0. The average molecular weight is 353 g/mol. The van der Waals surface area contributed by atoms with E-state index in [0.29, 0.717) is 25.2 Å². The largest absolute Gasteiger partial charge is 0.350 e. The molecular weight excluding hydrogens is 326 g/mol. The van der Waals surface area contributed by atoms with Gasteiger partial charge in [0.1, 0.15) is 0 Å². The summed E-state index contributed by atoms with van der Waals surface area (Å²) < 4.78 is 26.4. The fourth-order valence-electron chi connectivity index (χ4n) is 2.41. The number of benzene rings is 1. The Bertz CT molecular complexity index is 676. The molecule has 1 heterocycles. The van der Waals surface area contributed by atoms with Gasteiger partial charge < -0.3 is 10.2 Å². The molecule has 0 unspecified atom stereocenters. The summed E-state index contributed by atoms with van der Waals surface area (Å²) in [6, 6.07) is 6.17. The molecule has 1 aliphatic rings. The van der Waals surface area contributed by atoms with Crippen molar-refractivity contribution in [3.05, 3.63) is 29.8 Å². The van der Waals surface area contributed by atoms with Gasteiger partial charge >= 0.3 is 0 Å². The van der Waals surface area contributed by atoms with E-state index >= 15 is 0 Å². The lowest BCUT2D eigenvalue weighted by Gasteiger charge is -2.32. The SMILES string of the molecule is CN(C)C(C)(C)CNC(=O)c1ccc(S(=O)(=O)N2CCCC2)cc1. The molecule has 134 valence electrons. The van der Waals surface area contributed by atoms with Crippen molar-refractivity contribution in [1.29, 1.82) is 0 Å². The Morgan fingerprint density at radius 3 is 2.21 bits per heavy atom. The van der Waals surface area contributed by atoms with Crippen LogP contribution in [0.25, 0.3) is 0 Å². The van der Waals surface area contributed by atoms with Gasteiger partial charge in [-0.2, -0.15) is 4.31 Å². The summed E-state index contributed by atoms with van der Waals surface area (Å²) in [7, 11) is 0.492. The van der Waals surface area contributed by atoms with Crippen LogP contribution in [0.2, 0.25) is 0 Å². The summed E-state index contributed by atoms with van der Waals surface area (Å²) in [6.07, 6.45) is 1.81. The van der Waals surface area contributed by atoms with Crippen LogP contribution in [-0.2, 0) is 10.0 Å².